The van der Waals surface area contributed by atoms with E-state index in [9.17, 15) is 0 Å². The lowest BCUT2D eigenvalue weighted by atomic mass is 9.90. The van der Waals surface area contributed by atoms with Crippen molar-refractivity contribution in [1.82, 2.24) is 4.90 Å². The quantitative estimate of drug-likeness (QED) is 0.732. The molecule has 1 atom stereocenters. The number of nitrogens with one attached hydrogen (secondary N) is 1. The van der Waals surface area contributed by atoms with Crippen molar-refractivity contribution in [3.63, 3.8) is 0 Å². The second-order valence-electron chi connectivity index (χ2n) is 5.74. The van der Waals surface area contributed by atoms with Crippen molar-refractivity contribution in [2.24, 2.45) is 5.92 Å². The molecule has 0 aliphatic carbocycles. The fraction of sp³-hybridized carbons (Fsp3) is 0.625. The summed E-state index contributed by atoms with van der Waals surface area (Å²) in [6.45, 7) is 8.34. The summed E-state index contributed by atoms with van der Waals surface area (Å²) in [5.74, 6) is 0.772. The summed E-state index contributed by atoms with van der Waals surface area (Å²) in [7, 11) is 0. The van der Waals surface area contributed by atoms with Crippen molar-refractivity contribution in [2.75, 3.05) is 25.0 Å². The van der Waals surface area contributed by atoms with Gasteiger partial charge in [-0.3, -0.25) is 0 Å². The normalized spacial score (nSPS) is 19.0. The molecule has 1 N–H and O–H groups in total. The van der Waals surface area contributed by atoms with Gasteiger partial charge < -0.3 is 10.2 Å². The number of benzene rings is 1. The lowest BCUT2D eigenvalue weighted by Crippen LogP contribution is -2.39. The lowest BCUT2D eigenvalue weighted by molar-refractivity contribution is 0.176. The van der Waals surface area contributed by atoms with Crippen LogP contribution in [-0.4, -0.2) is 30.6 Å². The van der Waals surface area contributed by atoms with Crippen LogP contribution in [0.25, 0.3) is 0 Å². The molecule has 1 aromatic rings. The maximum absolute atomic E-state index is 3.67. The van der Waals surface area contributed by atoms with Crippen LogP contribution in [0.3, 0.4) is 0 Å². The molecule has 0 bridgehead atoms. The Labute approximate surface area is 139 Å². The maximum Gasteiger partial charge on any atom is 0.0498 e. The van der Waals surface area contributed by atoms with Gasteiger partial charge in [0.1, 0.15) is 0 Å². The topological polar surface area (TPSA) is 15.3 Å². The first kappa shape index (κ1) is 16.3. The van der Waals surface area contributed by atoms with E-state index in [1.165, 1.54) is 44.6 Å². The number of hydrogen-bond donors (Lipinski definition) is 1. The smallest absolute Gasteiger partial charge is 0.0498 e. The third kappa shape index (κ3) is 4.47. The van der Waals surface area contributed by atoms with Crippen LogP contribution in [0.1, 0.15) is 33.1 Å². The van der Waals surface area contributed by atoms with Gasteiger partial charge in [0.25, 0.3) is 0 Å². The van der Waals surface area contributed by atoms with E-state index in [4.69, 9.17) is 0 Å². The van der Waals surface area contributed by atoms with Gasteiger partial charge in [-0.05, 0) is 85.9 Å². The predicted molar refractivity (Wildman–Crippen MR) is 94.4 cm³/mol. The minimum absolute atomic E-state index is 0.518. The van der Waals surface area contributed by atoms with Crippen molar-refractivity contribution < 1.29 is 0 Å². The third-order valence-corrected chi connectivity index (χ3v) is 5.38. The summed E-state index contributed by atoms with van der Waals surface area (Å²) >= 11 is 7.16. The number of anilines is 1. The zero-order valence-electron chi connectivity index (χ0n) is 12.3. The molecule has 1 aromatic carbocycles. The molecule has 0 radical (unpaired) electrons. The van der Waals surface area contributed by atoms with Crippen LogP contribution in [0.5, 0.6) is 0 Å². The van der Waals surface area contributed by atoms with Gasteiger partial charge in [0.15, 0.2) is 0 Å². The van der Waals surface area contributed by atoms with Crippen LogP contribution in [0, 0.1) is 5.92 Å². The SMILES string of the molecule is CCCN1CCC(C(C)Nc2cc(Br)ccc2Br)CC1. The number of hydrogen-bond acceptors (Lipinski definition) is 2. The zero-order chi connectivity index (χ0) is 14.5. The highest BCUT2D eigenvalue weighted by molar-refractivity contribution is 9.11. The fourth-order valence-corrected chi connectivity index (χ4v) is 3.69. The van der Waals surface area contributed by atoms with Crippen LogP contribution < -0.4 is 5.32 Å². The van der Waals surface area contributed by atoms with Gasteiger partial charge in [-0.1, -0.05) is 22.9 Å². The lowest BCUT2D eigenvalue weighted by Gasteiger charge is -2.35. The van der Waals surface area contributed by atoms with Gasteiger partial charge in [0.05, 0.1) is 0 Å². The Morgan fingerprint density at radius 1 is 1.30 bits per heavy atom. The number of rotatable bonds is 5. The van der Waals surface area contributed by atoms with Gasteiger partial charge in [-0.25, -0.2) is 0 Å². The first-order valence-corrected chi connectivity index (χ1v) is 9.12. The molecule has 0 aromatic heterocycles. The Bertz CT molecular complexity index is 428. The fourth-order valence-electron chi connectivity index (χ4n) is 2.96. The average Bonchev–Trinajstić information content (AvgIpc) is 2.44. The average molecular weight is 404 g/mol. The molecule has 0 amide bonds. The van der Waals surface area contributed by atoms with Crippen molar-refractivity contribution >= 4 is 37.5 Å². The first-order valence-electron chi connectivity index (χ1n) is 7.54. The second kappa shape index (κ2) is 7.81. The van der Waals surface area contributed by atoms with E-state index < -0.39 is 0 Å². The van der Waals surface area contributed by atoms with Crippen molar-refractivity contribution in [2.45, 2.75) is 39.2 Å². The van der Waals surface area contributed by atoms with Crippen molar-refractivity contribution in [3.8, 4) is 0 Å². The van der Waals surface area contributed by atoms with Crippen molar-refractivity contribution in [1.29, 1.82) is 0 Å². The van der Waals surface area contributed by atoms with Gasteiger partial charge in [0.2, 0.25) is 0 Å². The molecule has 2 rings (SSSR count). The molecule has 0 saturated carbocycles. The van der Waals surface area contributed by atoms with Crippen LogP contribution in [0.4, 0.5) is 5.69 Å². The Hall–Kier alpha value is -0.0600. The molecule has 1 heterocycles. The molecule has 1 unspecified atom stereocenters. The molecule has 1 aliphatic rings. The summed E-state index contributed by atoms with van der Waals surface area (Å²) < 4.78 is 2.25. The Morgan fingerprint density at radius 2 is 2.00 bits per heavy atom. The summed E-state index contributed by atoms with van der Waals surface area (Å²) in [5.41, 5.74) is 1.18. The standard InChI is InChI=1S/C16H24Br2N2/c1-3-8-20-9-6-13(7-10-20)12(2)19-16-11-14(17)4-5-15(16)18/h4-5,11-13,19H,3,6-10H2,1-2H3. The van der Waals surface area contributed by atoms with E-state index in [-0.39, 0.29) is 0 Å². The number of halogens is 2. The highest BCUT2D eigenvalue weighted by atomic mass is 79.9. The van der Waals surface area contributed by atoms with Gasteiger partial charge in [-0.15, -0.1) is 0 Å². The largest absolute Gasteiger partial charge is 0.381 e. The van der Waals surface area contributed by atoms with Crippen LogP contribution >= 0.6 is 31.9 Å². The Kier molecular flexibility index (Phi) is 6.37. The van der Waals surface area contributed by atoms with E-state index in [0.29, 0.717) is 6.04 Å². The van der Waals surface area contributed by atoms with Gasteiger partial charge in [0, 0.05) is 20.7 Å². The van der Waals surface area contributed by atoms with Gasteiger partial charge >= 0.3 is 0 Å². The monoisotopic (exact) mass is 402 g/mol. The summed E-state index contributed by atoms with van der Waals surface area (Å²) in [4.78, 5) is 2.60. The molecular formula is C16H24Br2N2. The second-order valence-corrected chi connectivity index (χ2v) is 7.51. The molecule has 112 valence electrons. The molecule has 4 heteroatoms. The number of piperidine rings is 1. The zero-order valence-corrected chi connectivity index (χ0v) is 15.5. The minimum atomic E-state index is 0.518. The molecule has 1 saturated heterocycles. The Morgan fingerprint density at radius 3 is 2.65 bits per heavy atom. The molecule has 0 spiro atoms. The van der Waals surface area contributed by atoms with Crippen LogP contribution in [-0.2, 0) is 0 Å². The van der Waals surface area contributed by atoms with E-state index in [1.807, 2.05) is 0 Å². The molecule has 20 heavy (non-hydrogen) atoms. The third-order valence-electron chi connectivity index (χ3n) is 4.19. The van der Waals surface area contributed by atoms with E-state index in [0.717, 1.165) is 14.9 Å². The van der Waals surface area contributed by atoms with E-state index in [2.05, 4.69) is 74.1 Å². The van der Waals surface area contributed by atoms with E-state index >= 15 is 0 Å². The number of likely N-dealkylation sites (tertiary alicyclic amines) is 1. The van der Waals surface area contributed by atoms with Crippen LogP contribution in [0.2, 0.25) is 0 Å². The molecule has 1 aliphatic heterocycles. The van der Waals surface area contributed by atoms with Crippen LogP contribution in [0.15, 0.2) is 27.1 Å². The van der Waals surface area contributed by atoms with Crippen molar-refractivity contribution in [3.05, 3.63) is 27.1 Å². The highest BCUT2D eigenvalue weighted by Crippen LogP contribution is 2.29. The first-order chi connectivity index (χ1) is 9.60. The summed E-state index contributed by atoms with van der Waals surface area (Å²) in [6, 6.07) is 6.81. The molecule has 2 nitrogen and oxygen atoms in total. The Balaban J connectivity index is 1.89. The minimum Gasteiger partial charge on any atom is -0.381 e. The molecular weight excluding hydrogens is 380 g/mol. The van der Waals surface area contributed by atoms with E-state index in [1.54, 1.807) is 0 Å². The summed E-state index contributed by atoms with van der Waals surface area (Å²) in [6.07, 6.45) is 3.88. The maximum atomic E-state index is 3.67. The van der Waals surface area contributed by atoms with Gasteiger partial charge in [-0.2, -0.15) is 0 Å². The predicted octanol–water partition coefficient (Wildman–Crippen LogP) is 5.13. The molecule has 1 fully saturated rings. The summed E-state index contributed by atoms with van der Waals surface area (Å²) in [5, 5.41) is 3.67. The highest BCUT2D eigenvalue weighted by Gasteiger charge is 2.23. The number of nitrogens with zero attached hydrogens (tertiary/aromatic N) is 1.